The Kier molecular flexibility index (Phi) is 3.90. The molecular weight excluding hydrogens is 252 g/mol. The molecule has 1 aromatic rings. The standard InChI is InChI=1S/C17H22O3/c18-14-16(7-6-15-4-2-1-3-5-15)8-10-17(11-9-16)19-12-13-20-17/h1-5,14H,6-13H2. The molecule has 1 aromatic carbocycles. The second-order valence-electron chi connectivity index (χ2n) is 6.07. The Hall–Kier alpha value is -1.19. The van der Waals surface area contributed by atoms with E-state index in [1.165, 1.54) is 11.8 Å². The summed E-state index contributed by atoms with van der Waals surface area (Å²) in [4.78, 5) is 11.6. The summed E-state index contributed by atoms with van der Waals surface area (Å²) in [5, 5.41) is 0. The van der Waals surface area contributed by atoms with Crippen LogP contribution in [0, 0.1) is 5.41 Å². The van der Waals surface area contributed by atoms with Crippen molar-refractivity contribution in [1.29, 1.82) is 0 Å². The van der Waals surface area contributed by atoms with Crippen LogP contribution in [-0.2, 0) is 20.7 Å². The van der Waals surface area contributed by atoms with Crippen LogP contribution in [0.1, 0.15) is 37.7 Å². The van der Waals surface area contributed by atoms with Gasteiger partial charge < -0.3 is 14.3 Å². The molecule has 0 unspecified atom stereocenters. The van der Waals surface area contributed by atoms with Crippen LogP contribution in [0.25, 0.3) is 0 Å². The van der Waals surface area contributed by atoms with Gasteiger partial charge in [0.15, 0.2) is 5.79 Å². The highest BCUT2D eigenvalue weighted by Crippen LogP contribution is 2.45. The molecule has 1 heterocycles. The lowest BCUT2D eigenvalue weighted by Gasteiger charge is -2.40. The summed E-state index contributed by atoms with van der Waals surface area (Å²) in [6, 6.07) is 10.4. The summed E-state index contributed by atoms with van der Waals surface area (Å²) >= 11 is 0. The zero-order valence-electron chi connectivity index (χ0n) is 11.8. The predicted molar refractivity (Wildman–Crippen MR) is 76.4 cm³/mol. The first kappa shape index (κ1) is 13.8. The topological polar surface area (TPSA) is 35.5 Å². The van der Waals surface area contributed by atoms with Crippen molar-refractivity contribution in [3.05, 3.63) is 35.9 Å². The molecule has 3 rings (SSSR count). The summed E-state index contributed by atoms with van der Waals surface area (Å²) in [6.45, 7) is 1.39. The van der Waals surface area contributed by atoms with Gasteiger partial charge in [0.2, 0.25) is 0 Å². The van der Waals surface area contributed by atoms with Crippen LogP contribution in [0.3, 0.4) is 0 Å². The van der Waals surface area contributed by atoms with Crippen LogP contribution >= 0.6 is 0 Å². The molecule has 108 valence electrons. The average Bonchev–Trinajstić information content (AvgIpc) is 2.97. The molecule has 2 aliphatic rings. The second kappa shape index (κ2) is 5.66. The second-order valence-corrected chi connectivity index (χ2v) is 6.07. The van der Waals surface area contributed by atoms with E-state index in [0.717, 1.165) is 38.5 Å². The lowest BCUT2D eigenvalue weighted by Crippen LogP contribution is -2.41. The van der Waals surface area contributed by atoms with Crippen molar-refractivity contribution in [2.24, 2.45) is 5.41 Å². The van der Waals surface area contributed by atoms with Crippen LogP contribution in [0.15, 0.2) is 30.3 Å². The van der Waals surface area contributed by atoms with E-state index in [2.05, 4.69) is 24.3 Å². The summed E-state index contributed by atoms with van der Waals surface area (Å²) in [7, 11) is 0. The highest BCUT2D eigenvalue weighted by Gasteiger charge is 2.45. The Balaban J connectivity index is 1.60. The van der Waals surface area contributed by atoms with Crippen molar-refractivity contribution < 1.29 is 14.3 Å². The third kappa shape index (κ3) is 2.79. The van der Waals surface area contributed by atoms with E-state index < -0.39 is 0 Å². The van der Waals surface area contributed by atoms with Crippen LogP contribution in [0.5, 0.6) is 0 Å². The number of hydrogen-bond donors (Lipinski definition) is 0. The predicted octanol–water partition coefficient (Wildman–Crippen LogP) is 3.12. The number of aryl methyl sites for hydroxylation is 1. The molecule has 1 spiro atoms. The van der Waals surface area contributed by atoms with E-state index in [0.29, 0.717) is 13.2 Å². The maximum Gasteiger partial charge on any atom is 0.168 e. The molecule has 0 amide bonds. The molecular formula is C17H22O3. The summed E-state index contributed by atoms with van der Waals surface area (Å²) in [5.74, 6) is -0.376. The number of rotatable bonds is 4. The van der Waals surface area contributed by atoms with Crippen molar-refractivity contribution in [3.8, 4) is 0 Å². The summed E-state index contributed by atoms with van der Waals surface area (Å²) in [5.41, 5.74) is 1.12. The van der Waals surface area contributed by atoms with Crippen molar-refractivity contribution in [2.75, 3.05) is 13.2 Å². The van der Waals surface area contributed by atoms with Crippen molar-refractivity contribution >= 4 is 6.29 Å². The summed E-state index contributed by atoms with van der Waals surface area (Å²) < 4.78 is 11.5. The zero-order chi connectivity index (χ0) is 13.9. The van der Waals surface area contributed by atoms with Gasteiger partial charge in [0.05, 0.1) is 13.2 Å². The summed E-state index contributed by atoms with van der Waals surface area (Å²) in [6.07, 6.45) is 6.52. The number of carbonyl (C=O) groups excluding carboxylic acids is 1. The minimum absolute atomic E-state index is 0.184. The van der Waals surface area contributed by atoms with Crippen molar-refractivity contribution in [3.63, 3.8) is 0 Å². The first-order chi connectivity index (χ1) is 9.76. The molecule has 0 N–H and O–H groups in total. The first-order valence-corrected chi connectivity index (χ1v) is 7.54. The Morgan fingerprint density at radius 3 is 2.25 bits per heavy atom. The van der Waals surface area contributed by atoms with Gasteiger partial charge in [-0.25, -0.2) is 0 Å². The minimum atomic E-state index is -0.376. The minimum Gasteiger partial charge on any atom is -0.348 e. The van der Waals surface area contributed by atoms with Crippen LogP contribution < -0.4 is 0 Å². The van der Waals surface area contributed by atoms with Crippen LogP contribution in [-0.4, -0.2) is 25.3 Å². The number of aldehydes is 1. The number of ether oxygens (including phenoxy) is 2. The van der Waals surface area contributed by atoms with Crippen molar-refractivity contribution in [1.82, 2.24) is 0 Å². The molecule has 1 aliphatic heterocycles. The molecule has 3 heteroatoms. The third-order valence-electron chi connectivity index (χ3n) is 4.83. The Bertz CT molecular complexity index is 439. The van der Waals surface area contributed by atoms with Gasteiger partial charge in [-0.3, -0.25) is 0 Å². The lowest BCUT2D eigenvalue weighted by atomic mass is 9.70. The molecule has 0 bridgehead atoms. The van der Waals surface area contributed by atoms with Crippen molar-refractivity contribution in [2.45, 2.75) is 44.3 Å². The van der Waals surface area contributed by atoms with E-state index >= 15 is 0 Å². The van der Waals surface area contributed by atoms with E-state index in [9.17, 15) is 4.79 Å². The lowest BCUT2D eigenvalue weighted by molar-refractivity contribution is -0.191. The molecule has 0 atom stereocenters. The van der Waals surface area contributed by atoms with Gasteiger partial charge in [0, 0.05) is 18.3 Å². The van der Waals surface area contributed by atoms with Gasteiger partial charge in [0.25, 0.3) is 0 Å². The number of hydrogen-bond acceptors (Lipinski definition) is 3. The quantitative estimate of drug-likeness (QED) is 0.791. The zero-order valence-corrected chi connectivity index (χ0v) is 11.8. The monoisotopic (exact) mass is 274 g/mol. The third-order valence-corrected chi connectivity index (χ3v) is 4.83. The van der Waals surface area contributed by atoms with E-state index in [4.69, 9.17) is 9.47 Å². The maximum absolute atomic E-state index is 11.6. The number of benzene rings is 1. The van der Waals surface area contributed by atoms with E-state index in [-0.39, 0.29) is 11.2 Å². The fourth-order valence-electron chi connectivity index (χ4n) is 3.38. The molecule has 1 saturated carbocycles. The highest BCUT2D eigenvalue weighted by molar-refractivity contribution is 5.59. The molecule has 1 saturated heterocycles. The molecule has 2 fully saturated rings. The van der Waals surface area contributed by atoms with E-state index in [1.54, 1.807) is 0 Å². The van der Waals surface area contributed by atoms with Crippen LogP contribution in [0.4, 0.5) is 0 Å². The molecule has 0 radical (unpaired) electrons. The average molecular weight is 274 g/mol. The van der Waals surface area contributed by atoms with Gasteiger partial charge >= 0.3 is 0 Å². The first-order valence-electron chi connectivity index (χ1n) is 7.54. The Labute approximate surface area is 120 Å². The Morgan fingerprint density at radius 2 is 1.65 bits per heavy atom. The number of carbonyl (C=O) groups is 1. The van der Waals surface area contributed by atoms with Crippen LogP contribution in [0.2, 0.25) is 0 Å². The van der Waals surface area contributed by atoms with Gasteiger partial charge in [-0.05, 0) is 31.2 Å². The Morgan fingerprint density at radius 1 is 1.00 bits per heavy atom. The highest BCUT2D eigenvalue weighted by atomic mass is 16.7. The van der Waals surface area contributed by atoms with Gasteiger partial charge in [-0.1, -0.05) is 30.3 Å². The molecule has 0 aromatic heterocycles. The molecule has 1 aliphatic carbocycles. The van der Waals surface area contributed by atoms with E-state index in [1.807, 2.05) is 6.07 Å². The largest absolute Gasteiger partial charge is 0.348 e. The SMILES string of the molecule is O=CC1(CCc2ccccc2)CCC2(CC1)OCCO2. The van der Waals surface area contributed by atoms with Gasteiger partial charge in [-0.15, -0.1) is 0 Å². The van der Waals surface area contributed by atoms with Gasteiger partial charge in [0.1, 0.15) is 6.29 Å². The normalized spacial score (nSPS) is 23.8. The maximum atomic E-state index is 11.6. The fraction of sp³-hybridized carbons (Fsp3) is 0.588. The smallest absolute Gasteiger partial charge is 0.168 e. The fourth-order valence-corrected chi connectivity index (χ4v) is 3.38. The molecule has 20 heavy (non-hydrogen) atoms. The van der Waals surface area contributed by atoms with Gasteiger partial charge in [-0.2, -0.15) is 0 Å². The molecule has 3 nitrogen and oxygen atoms in total.